The summed E-state index contributed by atoms with van der Waals surface area (Å²) < 4.78 is 1.03. The van der Waals surface area contributed by atoms with Crippen molar-refractivity contribution in [3.8, 4) is 0 Å². The second kappa shape index (κ2) is 6.65. The molecular weight excluding hydrogens is 367 g/mol. The van der Waals surface area contributed by atoms with Crippen LogP contribution in [-0.4, -0.2) is 30.0 Å². The summed E-state index contributed by atoms with van der Waals surface area (Å²) in [6, 6.07) is 9.25. The average Bonchev–Trinajstić information content (AvgIpc) is 2.45. The highest BCUT2D eigenvalue weighted by Crippen LogP contribution is 2.08. The predicted octanol–water partition coefficient (Wildman–Crippen LogP) is 2.08. The van der Waals surface area contributed by atoms with Gasteiger partial charge in [-0.05, 0) is 46.9 Å². The average molecular weight is 382 g/mol. The molecule has 2 rings (SSSR count). The zero-order valence-electron chi connectivity index (χ0n) is 11.3. The lowest BCUT2D eigenvalue weighted by atomic mass is 10.2. The maximum Gasteiger partial charge on any atom is 0.251 e. The van der Waals surface area contributed by atoms with Crippen LogP contribution in [0.2, 0.25) is 0 Å². The van der Waals surface area contributed by atoms with E-state index in [9.17, 15) is 4.79 Å². The van der Waals surface area contributed by atoms with Gasteiger partial charge >= 0.3 is 0 Å². The lowest BCUT2D eigenvalue weighted by molar-refractivity contribution is 0.0950. The van der Waals surface area contributed by atoms with Gasteiger partial charge in [-0.1, -0.05) is 6.07 Å². The number of hydrogen-bond acceptors (Lipinski definition) is 4. The van der Waals surface area contributed by atoms with Crippen molar-refractivity contribution in [1.29, 1.82) is 0 Å². The maximum absolute atomic E-state index is 12.0. The predicted molar refractivity (Wildman–Crippen MR) is 86.7 cm³/mol. The second-order valence-electron chi connectivity index (χ2n) is 4.44. The Morgan fingerprint density at radius 2 is 2.15 bits per heavy atom. The number of nitrogens with zero attached hydrogens (tertiary/aromatic N) is 3. The van der Waals surface area contributed by atoms with E-state index in [1.807, 2.05) is 37.2 Å². The van der Waals surface area contributed by atoms with E-state index in [1.165, 1.54) is 0 Å². The van der Waals surface area contributed by atoms with E-state index < -0.39 is 0 Å². The van der Waals surface area contributed by atoms with Crippen molar-refractivity contribution in [1.82, 2.24) is 15.3 Å². The topological polar surface area (TPSA) is 58.1 Å². The van der Waals surface area contributed by atoms with Gasteiger partial charge in [-0.25, -0.2) is 9.97 Å². The molecule has 104 valence electrons. The zero-order valence-corrected chi connectivity index (χ0v) is 13.5. The van der Waals surface area contributed by atoms with Crippen LogP contribution in [0, 0.1) is 3.57 Å². The van der Waals surface area contributed by atoms with Crippen LogP contribution < -0.4 is 10.2 Å². The van der Waals surface area contributed by atoms with Crippen molar-refractivity contribution < 1.29 is 4.79 Å². The Kier molecular flexibility index (Phi) is 4.89. The minimum atomic E-state index is -0.103. The van der Waals surface area contributed by atoms with Crippen LogP contribution in [0.25, 0.3) is 0 Å². The van der Waals surface area contributed by atoms with Crippen LogP contribution in [0.3, 0.4) is 0 Å². The number of aromatic nitrogens is 2. The van der Waals surface area contributed by atoms with Gasteiger partial charge in [0.25, 0.3) is 5.91 Å². The third-order valence-corrected chi connectivity index (χ3v) is 3.29. The number of rotatable bonds is 4. The molecule has 0 spiro atoms. The Morgan fingerprint density at radius 1 is 1.35 bits per heavy atom. The van der Waals surface area contributed by atoms with Gasteiger partial charge in [0.2, 0.25) is 5.95 Å². The van der Waals surface area contributed by atoms with Crippen LogP contribution in [0.4, 0.5) is 5.95 Å². The Morgan fingerprint density at radius 3 is 2.85 bits per heavy atom. The van der Waals surface area contributed by atoms with E-state index in [0.717, 1.165) is 9.26 Å². The third kappa shape index (κ3) is 3.89. The largest absolute Gasteiger partial charge is 0.347 e. The molecule has 1 heterocycles. The first kappa shape index (κ1) is 14.7. The number of nitrogens with one attached hydrogen (secondary N) is 1. The molecule has 0 aliphatic heterocycles. The fraction of sp³-hybridized carbons (Fsp3) is 0.214. The number of hydrogen-bond donors (Lipinski definition) is 1. The quantitative estimate of drug-likeness (QED) is 0.823. The number of amides is 1. The molecule has 0 bridgehead atoms. The molecule has 0 atom stereocenters. The van der Waals surface area contributed by atoms with E-state index in [4.69, 9.17) is 0 Å². The first-order valence-electron chi connectivity index (χ1n) is 6.09. The minimum Gasteiger partial charge on any atom is -0.347 e. The smallest absolute Gasteiger partial charge is 0.251 e. The van der Waals surface area contributed by atoms with Gasteiger partial charge in [-0.3, -0.25) is 4.79 Å². The van der Waals surface area contributed by atoms with E-state index in [0.29, 0.717) is 18.1 Å². The van der Waals surface area contributed by atoms with Gasteiger partial charge in [0.05, 0.1) is 12.2 Å². The van der Waals surface area contributed by atoms with Gasteiger partial charge in [-0.2, -0.15) is 0 Å². The summed E-state index contributed by atoms with van der Waals surface area (Å²) in [5, 5.41) is 2.86. The minimum absolute atomic E-state index is 0.103. The molecular formula is C14H15IN4O. The van der Waals surface area contributed by atoms with Gasteiger partial charge in [0.15, 0.2) is 0 Å². The van der Waals surface area contributed by atoms with Crippen molar-refractivity contribution in [3.63, 3.8) is 0 Å². The molecule has 1 aromatic heterocycles. The summed E-state index contributed by atoms with van der Waals surface area (Å²) >= 11 is 2.18. The van der Waals surface area contributed by atoms with Gasteiger partial charge in [-0.15, -0.1) is 0 Å². The van der Waals surface area contributed by atoms with Crippen molar-refractivity contribution in [2.45, 2.75) is 6.54 Å². The zero-order chi connectivity index (χ0) is 14.5. The van der Waals surface area contributed by atoms with Crippen LogP contribution in [0.1, 0.15) is 16.1 Å². The summed E-state index contributed by atoms with van der Waals surface area (Å²) in [6.45, 7) is 0.383. The molecule has 0 fully saturated rings. The Labute approximate surface area is 131 Å². The second-order valence-corrected chi connectivity index (χ2v) is 5.68. The highest BCUT2D eigenvalue weighted by molar-refractivity contribution is 14.1. The number of anilines is 1. The van der Waals surface area contributed by atoms with Crippen LogP contribution in [0.5, 0.6) is 0 Å². The number of carbonyl (C=O) groups is 1. The van der Waals surface area contributed by atoms with E-state index >= 15 is 0 Å². The lowest BCUT2D eigenvalue weighted by Gasteiger charge is -2.11. The SMILES string of the molecule is CN(C)c1nccc(CNC(=O)c2cccc(I)c2)n1. The van der Waals surface area contributed by atoms with Crippen LogP contribution in [-0.2, 0) is 6.54 Å². The summed E-state index contributed by atoms with van der Waals surface area (Å²) in [4.78, 5) is 22.3. The molecule has 1 amide bonds. The van der Waals surface area contributed by atoms with Gasteiger partial charge in [0.1, 0.15) is 0 Å². The molecule has 2 aromatic rings. The summed E-state index contributed by atoms with van der Waals surface area (Å²) in [7, 11) is 3.76. The normalized spacial score (nSPS) is 10.2. The van der Waals surface area contributed by atoms with Crippen molar-refractivity contribution in [2.24, 2.45) is 0 Å². The first-order chi connectivity index (χ1) is 9.56. The van der Waals surface area contributed by atoms with Crippen LogP contribution >= 0.6 is 22.6 Å². The molecule has 0 aliphatic carbocycles. The number of carbonyl (C=O) groups excluding carboxylic acids is 1. The van der Waals surface area contributed by atoms with Gasteiger partial charge < -0.3 is 10.2 Å². The fourth-order valence-electron chi connectivity index (χ4n) is 1.60. The van der Waals surface area contributed by atoms with Crippen LogP contribution in [0.15, 0.2) is 36.5 Å². The molecule has 0 unspecified atom stereocenters. The van der Waals surface area contributed by atoms with Crippen molar-refractivity contribution >= 4 is 34.4 Å². The highest BCUT2D eigenvalue weighted by atomic mass is 127. The third-order valence-electron chi connectivity index (χ3n) is 2.62. The fourth-order valence-corrected chi connectivity index (χ4v) is 2.14. The molecule has 1 N–H and O–H groups in total. The summed E-state index contributed by atoms with van der Waals surface area (Å²) in [6.07, 6.45) is 1.69. The Bertz CT molecular complexity index is 616. The summed E-state index contributed by atoms with van der Waals surface area (Å²) in [5.74, 6) is 0.527. The van der Waals surface area contributed by atoms with Crippen molar-refractivity contribution in [3.05, 3.63) is 51.4 Å². The van der Waals surface area contributed by atoms with E-state index in [2.05, 4.69) is 37.9 Å². The van der Waals surface area contributed by atoms with Gasteiger partial charge in [0, 0.05) is 29.4 Å². The molecule has 6 heteroatoms. The Balaban J connectivity index is 2.02. The summed E-state index contributed by atoms with van der Waals surface area (Å²) in [5.41, 5.74) is 1.43. The molecule has 0 saturated carbocycles. The number of benzene rings is 1. The molecule has 5 nitrogen and oxygen atoms in total. The van der Waals surface area contributed by atoms with E-state index in [1.54, 1.807) is 18.3 Å². The molecule has 1 aromatic carbocycles. The lowest BCUT2D eigenvalue weighted by Crippen LogP contribution is -2.24. The number of halogens is 1. The molecule has 0 radical (unpaired) electrons. The maximum atomic E-state index is 12.0. The first-order valence-corrected chi connectivity index (χ1v) is 7.17. The standard InChI is InChI=1S/C14H15IN4O/c1-19(2)14-16-7-6-12(18-14)9-17-13(20)10-4-3-5-11(15)8-10/h3-8H,9H2,1-2H3,(H,17,20). The van der Waals surface area contributed by atoms with Crippen molar-refractivity contribution in [2.75, 3.05) is 19.0 Å². The molecule has 20 heavy (non-hydrogen) atoms. The molecule has 0 saturated heterocycles. The highest BCUT2D eigenvalue weighted by Gasteiger charge is 2.07. The van der Waals surface area contributed by atoms with E-state index in [-0.39, 0.29) is 5.91 Å². The monoisotopic (exact) mass is 382 g/mol. The molecule has 0 aliphatic rings. The Hall–Kier alpha value is -1.70.